The average Bonchev–Trinajstić information content (AvgIpc) is 2.76. The number of hydrogen-bond donors (Lipinski definition) is 1. The summed E-state index contributed by atoms with van der Waals surface area (Å²) < 4.78 is 12.2. The third-order valence-corrected chi connectivity index (χ3v) is 6.37. The molecule has 0 aromatic carbocycles. The Morgan fingerprint density at radius 1 is 1.25 bits per heavy atom. The molecular weight excluding hydrogens is 314 g/mol. The van der Waals surface area contributed by atoms with Crippen molar-refractivity contribution in [1.29, 1.82) is 0 Å². The Labute approximate surface area is 141 Å². The van der Waals surface area contributed by atoms with E-state index in [1.165, 1.54) is 0 Å². The quantitative estimate of drug-likeness (QED) is 0.777. The van der Waals surface area contributed by atoms with Gasteiger partial charge in [-0.1, -0.05) is 13.8 Å². The fraction of sp³-hybridized carbons (Fsp3) is 0.882. The third-order valence-electron chi connectivity index (χ3n) is 6.37. The first-order chi connectivity index (χ1) is 11.4. The van der Waals surface area contributed by atoms with Gasteiger partial charge in [0.15, 0.2) is 11.5 Å². The molecule has 4 saturated heterocycles. The van der Waals surface area contributed by atoms with Gasteiger partial charge in [0, 0.05) is 24.2 Å². The molecule has 1 aliphatic carbocycles. The van der Waals surface area contributed by atoms with Crippen LogP contribution in [0.1, 0.15) is 46.5 Å². The summed E-state index contributed by atoms with van der Waals surface area (Å²) in [6.07, 6.45) is 3.21. The number of rotatable bonds is 2. The van der Waals surface area contributed by atoms with Gasteiger partial charge in [-0.3, -0.25) is 4.79 Å². The summed E-state index contributed by atoms with van der Waals surface area (Å²) in [7, 11) is 0. The van der Waals surface area contributed by atoms with E-state index < -0.39 is 23.6 Å². The van der Waals surface area contributed by atoms with Gasteiger partial charge < -0.3 is 14.6 Å². The third kappa shape index (κ3) is 2.21. The molecule has 1 spiro atoms. The topological polar surface area (TPSA) is 86.6 Å². The predicted molar refractivity (Wildman–Crippen MR) is 83.0 cm³/mol. The van der Waals surface area contributed by atoms with Gasteiger partial charge in [0.1, 0.15) is 6.54 Å². The molecule has 4 aliphatic heterocycles. The Balaban J connectivity index is 1.75. The molecule has 7 nitrogen and oxygen atoms in total. The highest BCUT2D eigenvalue weighted by Crippen LogP contribution is 2.59. The van der Waals surface area contributed by atoms with Crippen molar-refractivity contribution in [3.63, 3.8) is 0 Å². The molecule has 1 saturated carbocycles. The maximum Gasteiger partial charge on any atom is 0.325 e. The minimum Gasteiger partial charge on any atom is -0.480 e. The van der Waals surface area contributed by atoms with Gasteiger partial charge in [0.05, 0.1) is 0 Å². The number of aliphatic carboxylic acids is 1. The lowest BCUT2D eigenvalue weighted by molar-refractivity contribution is -0.557. The minimum absolute atomic E-state index is 0.0229. The van der Waals surface area contributed by atoms with Gasteiger partial charge in [-0.25, -0.2) is 14.8 Å². The number of carboxylic acids is 1. The molecule has 0 aromatic rings. The van der Waals surface area contributed by atoms with Crippen molar-refractivity contribution >= 4 is 11.9 Å². The Hall–Kier alpha value is -1.18. The maximum absolute atomic E-state index is 10.9. The van der Waals surface area contributed by atoms with Crippen molar-refractivity contribution in [2.75, 3.05) is 6.54 Å². The first kappa shape index (κ1) is 16.3. The van der Waals surface area contributed by atoms with Crippen LogP contribution in [-0.2, 0) is 24.0 Å². The zero-order chi connectivity index (χ0) is 17.1. The second-order valence-electron chi connectivity index (χ2n) is 7.86. The summed E-state index contributed by atoms with van der Waals surface area (Å²) in [6, 6.07) is 0. The highest BCUT2D eigenvalue weighted by Gasteiger charge is 2.69. The van der Waals surface area contributed by atoms with Gasteiger partial charge in [0.2, 0.25) is 12.1 Å². The number of aliphatic imine (C=N–C) groups is 1. The van der Waals surface area contributed by atoms with Crippen LogP contribution in [0.2, 0.25) is 0 Å². The molecule has 1 N–H and O–H groups in total. The average molecular weight is 339 g/mol. The van der Waals surface area contributed by atoms with Crippen molar-refractivity contribution in [2.24, 2.45) is 28.7 Å². The Kier molecular flexibility index (Phi) is 3.67. The van der Waals surface area contributed by atoms with Gasteiger partial charge in [0.25, 0.3) is 0 Å². The number of ether oxygens (including phenoxy) is 2. The SMILES string of the molecule is C[C@@H]1CCC2[C@@H](C)/C(=N/CC(=O)O)O[C@@H]3O[C@]4(C)CCC1[C@@]23OO4. The number of carbonyl (C=O) groups is 1. The number of hydrogen-bond acceptors (Lipinski definition) is 6. The highest BCUT2D eigenvalue weighted by molar-refractivity contribution is 5.82. The Morgan fingerprint density at radius 3 is 2.79 bits per heavy atom. The van der Waals surface area contributed by atoms with Crippen LogP contribution >= 0.6 is 0 Å². The first-order valence-electron chi connectivity index (χ1n) is 8.83. The Morgan fingerprint density at radius 2 is 2.04 bits per heavy atom. The summed E-state index contributed by atoms with van der Waals surface area (Å²) in [4.78, 5) is 26.8. The van der Waals surface area contributed by atoms with E-state index in [-0.39, 0.29) is 18.4 Å². The van der Waals surface area contributed by atoms with E-state index in [0.717, 1.165) is 25.7 Å². The fourth-order valence-corrected chi connectivity index (χ4v) is 5.10. The van der Waals surface area contributed by atoms with E-state index in [1.807, 2.05) is 13.8 Å². The zero-order valence-electron chi connectivity index (χ0n) is 14.4. The van der Waals surface area contributed by atoms with Crippen molar-refractivity contribution in [1.82, 2.24) is 0 Å². The van der Waals surface area contributed by atoms with Crippen molar-refractivity contribution in [3.05, 3.63) is 0 Å². The van der Waals surface area contributed by atoms with Crippen LogP contribution < -0.4 is 0 Å². The van der Waals surface area contributed by atoms with Gasteiger partial charge in [-0.05, 0) is 32.1 Å². The Bertz CT molecular complexity index is 579. The molecule has 2 unspecified atom stereocenters. The molecule has 0 aromatic heterocycles. The lowest BCUT2D eigenvalue weighted by Gasteiger charge is -2.58. The van der Waals surface area contributed by atoms with Crippen molar-refractivity contribution in [2.45, 2.75) is 64.1 Å². The van der Waals surface area contributed by atoms with Crippen molar-refractivity contribution in [3.8, 4) is 0 Å². The summed E-state index contributed by atoms with van der Waals surface area (Å²) in [5.41, 5.74) is -0.630. The van der Waals surface area contributed by atoms with Crippen LogP contribution in [0.3, 0.4) is 0 Å². The minimum atomic E-state index is -0.969. The standard InChI is InChI=1S/C17H25NO6/c1-9-4-5-12-10(2)14(18-8-13(19)20)21-15-17(12)11(9)6-7-16(3,22-15)23-24-17/h9-12,15H,4-8H2,1-3H3,(H,19,20)/b18-14-/t9-,10-,11?,12?,15-,16+,17-/m1/s1. The zero-order valence-corrected chi connectivity index (χ0v) is 14.4. The summed E-state index contributed by atoms with van der Waals surface area (Å²) >= 11 is 0. The smallest absolute Gasteiger partial charge is 0.325 e. The van der Waals surface area contributed by atoms with Gasteiger partial charge in [-0.2, -0.15) is 0 Å². The van der Waals surface area contributed by atoms with Crippen LogP contribution in [0, 0.1) is 23.7 Å². The van der Waals surface area contributed by atoms with Crippen molar-refractivity contribution < 1.29 is 29.1 Å². The molecule has 5 fully saturated rings. The molecule has 7 heteroatoms. The molecule has 0 radical (unpaired) electrons. The molecular formula is C17H25NO6. The number of carboxylic acid groups (broad SMARTS) is 1. The normalized spacial score (nSPS) is 51.6. The van der Waals surface area contributed by atoms with Crippen LogP contribution in [0.25, 0.3) is 0 Å². The van der Waals surface area contributed by atoms with Gasteiger partial charge in [-0.15, -0.1) is 0 Å². The second kappa shape index (κ2) is 5.41. The molecule has 134 valence electrons. The van der Waals surface area contributed by atoms with Crippen LogP contribution in [0.4, 0.5) is 0 Å². The predicted octanol–water partition coefficient (Wildman–Crippen LogP) is 2.35. The van der Waals surface area contributed by atoms with E-state index in [1.54, 1.807) is 0 Å². The maximum atomic E-state index is 10.9. The number of fused-ring (bicyclic) bond motifs is 2. The van der Waals surface area contributed by atoms with E-state index >= 15 is 0 Å². The van der Waals surface area contributed by atoms with E-state index in [4.69, 9.17) is 24.4 Å². The van der Waals surface area contributed by atoms with Crippen LogP contribution in [-0.4, -0.2) is 41.2 Å². The van der Waals surface area contributed by atoms with Crippen LogP contribution in [0.5, 0.6) is 0 Å². The lowest BCUT2D eigenvalue weighted by atomic mass is 9.58. The second-order valence-corrected chi connectivity index (χ2v) is 7.86. The molecule has 0 amide bonds. The molecule has 2 bridgehead atoms. The number of nitrogens with zero attached hydrogens (tertiary/aromatic N) is 1. The van der Waals surface area contributed by atoms with Gasteiger partial charge >= 0.3 is 5.97 Å². The lowest BCUT2D eigenvalue weighted by Crippen LogP contribution is -2.69. The molecule has 7 atom stereocenters. The monoisotopic (exact) mass is 339 g/mol. The fourth-order valence-electron chi connectivity index (χ4n) is 5.10. The summed E-state index contributed by atoms with van der Waals surface area (Å²) in [5, 5.41) is 8.93. The molecule has 5 aliphatic rings. The molecule has 24 heavy (non-hydrogen) atoms. The largest absolute Gasteiger partial charge is 0.480 e. The van der Waals surface area contributed by atoms with Crippen LogP contribution in [0.15, 0.2) is 4.99 Å². The molecule has 4 heterocycles. The van der Waals surface area contributed by atoms with E-state index in [9.17, 15) is 4.79 Å². The highest BCUT2D eigenvalue weighted by atomic mass is 17.3. The summed E-state index contributed by atoms with van der Waals surface area (Å²) in [6.45, 7) is 5.87. The van der Waals surface area contributed by atoms with E-state index in [0.29, 0.717) is 17.7 Å². The first-order valence-corrected chi connectivity index (χ1v) is 8.83. The molecule has 5 rings (SSSR count). The van der Waals surface area contributed by atoms with E-state index in [2.05, 4.69) is 11.9 Å². The summed E-state index contributed by atoms with van der Waals surface area (Å²) in [5.74, 6) is -0.401.